The highest BCUT2D eigenvalue weighted by molar-refractivity contribution is 7.47. The number of phosphoric ester groups is 2. The largest absolute Gasteiger partial charge is 0.472 e. The fourth-order valence-corrected chi connectivity index (χ4v) is 12.4. The molecule has 0 aliphatic heterocycles. The summed E-state index contributed by atoms with van der Waals surface area (Å²) in [4.78, 5) is 72.5. The van der Waals surface area contributed by atoms with E-state index in [9.17, 15) is 43.2 Å². The SMILES string of the molecule is CCC(C)CCCCCCCCC(=O)OC[C@H](COP(=O)(O)OC[C@H](O)COP(=O)(O)OC[C@@H](COC(=O)CCCCCCCCC(C)CC)OC(=O)CCCCCCCCCC(C)C)OC(=O)CCCCCCCCCCCCCCCCCCCCC(C)C. The number of hydrogen-bond acceptors (Lipinski definition) is 15. The Labute approximate surface area is 556 Å². The summed E-state index contributed by atoms with van der Waals surface area (Å²) in [6, 6.07) is 0. The van der Waals surface area contributed by atoms with Gasteiger partial charge in [-0.1, -0.05) is 306 Å². The Hall–Kier alpha value is -1.94. The van der Waals surface area contributed by atoms with E-state index in [0.717, 1.165) is 120 Å². The summed E-state index contributed by atoms with van der Waals surface area (Å²) in [7, 11) is -9.90. The van der Waals surface area contributed by atoms with Crippen molar-refractivity contribution >= 4 is 39.5 Å². The molecule has 0 aliphatic rings. The molecular formula is C72H140O17P2. The molecule has 0 spiro atoms. The van der Waals surface area contributed by atoms with Crippen LogP contribution in [0.4, 0.5) is 0 Å². The van der Waals surface area contributed by atoms with Gasteiger partial charge >= 0.3 is 39.5 Å². The van der Waals surface area contributed by atoms with Crippen molar-refractivity contribution in [1.29, 1.82) is 0 Å². The molecule has 91 heavy (non-hydrogen) atoms. The van der Waals surface area contributed by atoms with Crippen molar-refractivity contribution in [1.82, 2.24) is 0 Å². The summed E-state index contributed by atoms with van der Waals surface area (Å²) >= 11 is 0. The number of carbonyl (C=O) groups excluding carboxylic acids is 4. The molecule has 4 unspecified atom stereocenters. The highest BCUT2D eigenvalue weighted by Crippen LogP contribution is 2.45. The maximum atomic E-state index is 13.0. The molecule has 0 aromatic heterocycles. The number of rotatable bonds is 69. The molecule has 0 bridgehead atoms. The minimum absolute atomic E-state index is 0.102. The van der Waals surface area contributed by atoms with Gasteiger partial charge in [0.25, 0.3) is 0 Å². The topological polar surface area (TPSA) is 237 Å². The first-order valence-corrected chi connectivity index (χ1v) is 40.3. The van der Waals surface area contributed by atoms with Crippen LogP contribution in [0.15, 0.2) is 0 Å². The molecule has 0 radical (unpaired) electrons. The number of hydrogen-bond donors (Lipinski definition) is 3. The van der Waals surface area contributed by atoms with Crippen LogP contribution in [0.25, 0.3) is 0 Å². The van der Waals surface area contributed by atoms with Crippen LogP contribution in [0.1, 0.15) is 357 Å². The third kappa shape index (κ3) is 63.9. The fourth-order valence-electron chi connectivity index (χ4n) is 10.8. The lowest BCUT2D eigenvalue weighted by atomic mass is 10.00. The zero-order valence-electron chi connectivity index (χ0n) is 59.5. The highest BCUT2D eigenvalue weighted by Gasteiger charge is 2.30. The van der Waals surface area contributed by atoms with Crippen LogP contribution in [0.2, 0.25) is 0 Å². The number of aliphatic hydroxyl groups is 1. The van der Waals surface area contributed by atoms with Crippen molar-refractivity contribution in [2.24, 2.45) is 23.7 Å². The molecular weight excluding hydrogens is 1200 g/mol. The fraction of sp³-hybridized carbons (Fsp3) is 0.944. The molecule has 0 rings (SSSR count). The van der Waals surface area contributed by atoms with Crippen LogP contribution in [-0.2, 0) is 65.4 Å². The average Bonchev–Trinajstić information content (AvgIpc) is 3.62. The lowest BCUT2D eigenvalue weighted by molar-refractivity contribution is -0.161. The molecule has 0 heterocycles. The third-order valence-electron chi connectivity index (χ3n) is 17.3. The Bertz CT molecular complexity index is 1800. The number of phosphoric acid groups is 2. The van der Waals surface area contributed by atoms with Crippen LogP contribution < -0.4 is 0 Å². The van der Waals surface area contributed by atoms with Crippen molar-refractivity contribution in [2.75, 3.05) is 39.6 Å². The summed E-state index contributed by atoms with van der Waals surface area (Å²) in [5.74, 6) is 0.846. The zero-order chi connectivity index (χ0) is 67.5. The number of esters is 4. The molecule has 19 heteroatoms. The van der Waals surface area contributed by atoms with E-state index in [1.165, 1.54) is 148 Å². The Kier molecular flexibility index (Phi) is 60.3. The van der Waals surface area contributed by atoms with Crippen LogP contribution in [0, 0.1) is 23.7 Å². The van der Waals surface area contributed by atoms with E-state index < -0.39 is 97.5 Å². The van der Waals surface area contributed by atoms with E-state index in [1.54, 1.807) is 0 Å². The van der Waals surface area contributed by atoms with Gasteiger partial charge in [0, 0.05) is 25.7 Å². The van der Waals surface area contributed by atoms with Gasteiger partial charge in [0.05, 0.1) is 26.4 Å². The minimum Gasteiger partial charge on any atom is -0.462 e. The monoisotopic (exact) mass is 1340 g/mol. The van der Waals surface area contributed by atoms with Crippen molar-refractivity contribution in [3.63, 3.8) is 0 Å². The predicted molar refractivity (Wildman–Crippen MR) is 367 cm³/mol. The van der Waals surface area contributed by atoms with Crippen LogP contribution >= 0.6 is 15.6 Å². The van der Waals surface area contributed by atoms with E-state index in [2.05, 4.69) is 55.4 Å². The van der Waals surface area contributed by atoms with Gasteiger partial charge in [-0.2, -0.15) is 0 Å². The second-order valence-electron chi connectivity index (χ2n) is 27.4. The standard InChI is InChI=1S/C72H140O17P2/c1-9-64(7)50-42-34-28-30-36-44-52-69(74)82-58-67(88-71(76)54-46-38-26-22-20-18-16-14-12-11-13-15-17-19-21-24-32-40-48-62(3)4)60-86-90(78,79)84-56-66(73)57-85-91(80,81)87-61-68(89-72(77)55-47-39-27-23-25-33-41-49-63(5)6)59-83-70(75)53-45-37-31-29-35-43-51-65(8)10-2/h62-68,73H,9-61H2,1-8H3,(H,78,79)(H,80,81)/t64?,65?,66-,67+,68+/m0/s1. The Morgan fingerprint density at radius 3 is 0.780 bits per heavy atom. The van der Waals surface area contributed by atoms with E-state index in [0.29, 0.717) is 31.6 Å². The number of aliphatic hydroxyl groups excluding tert-OH is 1. The van der Waals surface area contributed by atoms with E-state index >= 15 is 0 Å². The van der Waals surface area contributed by atoms with E-state index in [-0.39, 0.29) is 25.7 Å². The summed E-state index contributed by atoms with van der Waals surface area (Å²) < 4.78 is 68.3. The number of ether oxygens (including phenoxy) is 4. The van der Waals surface area contributed by atoms with Gasteiger partial charge < -0.3 is 33.8 Å². The van der Waals surface area contributed by atoms with Crippen LogP contribution in [-0.4, -0.2) is 96.7 Å². The molecule has 3 N–H and O–H groups in total. The van der Waals surface area contributed by atoms with E-state index in [1.807, 2.05) is 0 Å². The molecule has 7 atom stereocenters. The second kappa shape index (κ2) is 61.6. The lowest BCUT2D eigenvalue weighted by Gasteiger charge is -2.21. The van der Waals surface area contributed by atoms with Crippen molar-refractivity contribution in [3.8, 4) is 0 Å². The summed E-state index contributed by atoms with van der Waals surface area (Å²) in [5.41, 5.74) is 0. The van der Waals surface area contributed by atoms with Crippen molar-refractivity contribution in [3.05, 3.63) is 0 Å². The van der Waals surface area contributed by atoms with Gasteiger partial charge in [-0.3, -0.25) is 37.3 Å². The van der Waals surface area contributed by atoms with E-state index in [4.69, 9.17) is 37.0 Å². The first-order valence-electron chi connectivity index (χ1n) is 37.3. The highest BCUT2D eigenvalue weighted by atomic mass is 31.2. The van der Waals surface area contributed by atoms with Gasteiger partial charge in [0.2, 0.25) is 0 Å². The first-order chi connectivity index (χ1) is 43.7. The summed E-state index contributed by atoms with van der Waals surface area (Å²) in [5, 5.41) is 10.6. The number of unbranched alkanes of at least 4 members (excludes halogenated alkanes) is 33. The molecule has 0 aliphatic carbocycles. The quantitative estimate of drug-likeness (QED) is 0.0222. The molecule has 0 amide bonds. The van der Waals surface area contributed by atoms with Gasteiger partial charge in [0.1, 0.15) is 19.3 Å². The molecule has 0 aromatic rings. The van der Waals surface area contributed by atoms with Gasteiger partial charge in [0.15, 0.2) is 12.2 Å². The molecule has 0 saturated heterocycles. The molecule has 0 fully saturated rings. The second-order valence-corrected chi connectivity index (χ2v) is 30.3. The molecule has 0 aromatic carbocycles. The summed E-state index contributed by atoms with van der Waals surface area (Å²) in [6.45, 7) is 14.1. The Balaban J connectivity index is 5.17. The van der Waals surface area contributed by atoms with Gasteiger partial charge in [-0.05, 0) is 49.4 Å². The van der Waals surface area contributed by atoms with Gasteiger partial charge in [-0.25, -0.2) is 9.13 Å². The zero-order valence-corrected chi connectivity index (χ0v) is 61.3. The molecule has 17 nitrogen and oxygen atoms in total. The smallest absolute Gasteiger partial charge is 0.462 e. The lowest BCUT2D eigenvalue weighted by Crippen LogP contribution is -2.30. The third-order valence-corrected chi connectivity index (χ3v) is 19.2. The molecule has 540 valence electrons. The van der Waals surface area contributed by atoms with Crippen LogP contribution in [0.3, 0.4) is 0 Å². The van der Waals surface area contributed by atoms with Crippen LogP contribution in [0.5, 0.6) is 0 Å². The van der Waals surface area contributed by atoms with Gasteiger partial charge in [-0.15, -0.1) is 0 Å². The average molecular weight is 1340 g/mol. The normalized spacial score (nSPS) is 14.8. The Morgan fingerprint density at radius 2 is 0.527 bits per heavy atom. The molecule has 0 saturated carbocycles. The summed E-state index contributed by atoms with van der Waals surface area (Å²) in [6.07, 6.45) is 44.8. The number of carbonyl (C=O) groups is 4. The first kappa shape index (κ1) is 89.1. The maximum Gasteiger partial charge on any atom is 0.472 e. The van der Waals surface area contributed by atoms with Crippen molar-refractivity contribution in [2.45, 2.75) is 375 Å². The predicted octanol–water partition coefficient (Wildman–Crippen LogP) is 20.5. The maximum absolute atomic E-state index is 13.0. The Morgan fingerprint density at radius 1 is 0.308 bits per heavy atom. The minimum atomic E-state index is -4.95. The van der Waals surface area contributed by atoms with Crippen molar-refractivity contribution < 1.29 is 80.2 Å².